The van der Waals surface area contributed by atoms with E-state index >= 15 is 0 Å². The molecule has 94 valence electrons. The van der Waals surface area contributed by atoms with E-state index in [9.17, 15) is 10.2 Å². The summed E-state index contributed by atoms with van der Waals surface area (Å²) in [4.78, 5) is 0. The van der Waals surface area contributed by atoms with Crippen LogP contribution in [0.5, 0.6) is 0 Å². The zero-order chi connectivity index (χ0) is 12.1. The van der Waals surface area contributed by atoms with Crippen molar-refractivity contribution in [3.05, 3.63) is 12.2 Å². The molecule has 0 radical (unpaired) electrons. The lowest BCUT2D eigenvalue weighted by Crippen LogP contribution is -2.44. The minimum absolute atomic E-state index is 0.338. The fraction of sp³-hybridized carbons (Fsp3) is 0.846. The molecular weight excluding hydrogens is 202 g/mol. The van der Waals surface area contributed by atoms with Gasteiger partial charge in [-0.3, -0.25) is 0 Å². The third-order valence-electron chi connectivity index (χ3n) is 3.60. The Hall–Kier alpha value is -0.380. The van der Waals surface area contributed by atoms with Crippen molar-refractivity contribution in [1.82, 2.24) is 0 Å². The smallest absolute Gasteiger partial charge is 0.102 e. The van der Waals surface area contributed by atoms with E-state index in [1.165, 1.54) is 32.1 Å². The van der Waals surface area contributed by atoms with Crippen molar-refractivity contribution >= 4 is 0 Å². The third kappa shape index (κ3) is 3.89. The molecule has 0 aliphatic heterocycles. The summed E-state index contributed by atoms with van der Waals surface area (Å²) in [5.41, 5.74) is 6.51. The highest BCUT2D eigenvalue weighted by molar-refractivity contribution is 5.02. The number of aliphatic hydroxyl groups is 2. The lowest BCUT2D eigenvalue weighted by Gasteiger charge is -2.29. The normalized spacial score (nSPS) is 23.8. The number of hydrogen-bond acceptors (Lipinski definition) is 3. The third-order valence-corrected chi connectivity index (χ3v) is 3.60. The van der Waals surface area contributed by atoms with Crippen molar-refractivity contribution < 1.29 is 10.2 Å². The summed E-state index contributed by atoms with van der Waals surface area (Å²) in [6, 6.07) is -0.338. The first-order valence-corrected chi connectivity index (χ1v) is 6.29. The average Bonchev–Trinajstić information content (AvgIpc) is 2.28. The summed E-state index contributed by atoms with van der Waals surface area (Å²) in [6.45, 7) is 5.35. The molecule has 0 heterocycles. The van der Waals surface area contributed by atoms with Crippen LogP contribution < -0.4 is 5.73 Å². The molecule has 3 atom stereocenters. The SMILES string of the molecule is C=C(C)[C@@H](O)[C@H](O)[C@@H](N)CC1CCCCC1. The first kappa shape index (κ1) is 13.7. The van der Waals surface area contributed by atoms with Crippen molar-refractivity contribution in [2.24, 2.45) is 11.7 Å². The largest absolute Gasteiger partial charge is 0.388 e. The van der Waals surface area contributed by atoms with Crippen LogP contribution in [0.1, 0.15) is 45.4 Å². The molecule has 0 unspecified atom stereocenters. The van der Waals surface area contributed by atoms with Gasteiger partial charge in [-0.1, -0.05) is 38.7 Å². The lowest BCUT2D eigenvalue weighted by atomic mass is 9.83. The van der Waals surface area contributed by atoms with Gasteiger partial charge in [0.2, 0.25) is 0 Å². The average molecular weight is 227 g/mol. The van der Waals surface area contributed by atoms with Crippen LogP contribution in [0.15, 0.2) is 12.2 Å². The van der Waals surface area contributed by atoms with Crippen LogP contribution >= 0.6 is 0 Å². The number of aliphatic hydroxyl groups excluding tert-OH is 2. The molecule has 1 fully saturated rings. The molecule has 0 amide bonds. The maximum absolute atomic E-state index is 9.85. The molecule has 0 aromatic rings. The number of rotatable bonds is 5. The van der Waals surface area contributed by atoms with E-state index in [0.29, 0.717) is 11.5 Å². The van der Waals surface area contributed by atoms with Gasteiger partial charge in [-0.25, -0.2) is 0 Å². The molecule has 0 bridgehead atoms. The van der Waals surface area contributed by atoms with Gasteiger partial charge in [0.15, 0.2) is 0 Å². The van der Waals surface area contributed by atoms with E-state index in [4.69, 9.17) is 5.73 Å². The highest BCUT2D eigenvalue weighted by Gasteiger charge is 2.26. The van der Waals surface area contributed by atoms with Gasteiger partial charge >= 0.3 is 0 Å². The van der Waals surface area contributed by atoms with Crippen molar-refractivity contribution in [2.45, 2.75) is 63.7 Å². The van der Waals surface area contributed by atoms with E-state index < -0.39 is 12.2 Å². The first-order chi connectivity index (χ1) is 7.52. The Kier molecular flexibility index (Phi) is 5.46. The lowest BCUT2D eigenvalue weighted by molar-refractivity contribution is 0.0186. The van der Waals surface area contributed by atoms with Gasteiger partial charge in [-0.2, -0.15) is 0 Å². The van der Waals surface area contributed by atoms with Gasteiger partial charge in [0.25, 0.3) is 0 Å². The molecule has 0 saturated heterocycles. The zero-order valence-corrected chi connectivity index (χ0v) is 10.2. The van der Waals surface area contributed by atoms with Gasteiger partial charge in [-0.05, 0) is 24.8 Å². The summed E-state index contributed by atoms with van der Waals surface area (Å²) in [5.74, 6) is 0.621. The van der Waals surface area contributed by atoms with Crippen LogP contribution in [-0.2, 0) is 0 Å². The molecular formula is C13H25NO2. The summed E-state index contributed by atoms with van der Waals surface area (Å²) in [7, 11) is 0. The summed E-state index contributed by atoms with van der Waals surface area (Å²) >= 11 is 0. The Bertz CT molecular complexity index is 224. The summed E-state index contributed by atoms with van der Waals surface area (Å²) in [6.07, 6.45) is 5.34. The molecule has 4 N–H and O–H groups in total. The molecule has 3 nitrogen and oxygen atoms in total. The standard InChI is InChI=1S/C13H25NO2/c1-9(2)12(15)13(16)11(14)8-10-6-4-3-5-7-10/h10-13,15-16H,1,3-8,14H2,2H3/t11-,12+,13+/m0/s1. The van der Waals surface area contributed by atoms with Gasteiger partial charge in [-0.15, -0.1) is 0 Å². The molecule has 0 aromatic heterocycles. The van der Waals surface area contributed by atoms with Gasteiger partial charge in [0.05, 0.1) is 6.10 Å². The van der Waals surface area contributed by atoms with Crippen molar-refractivity contribution in [2.75, 3.05) is 0 Å². The van der Waals surface area contributed by atoms with Gasteiger partial charge in [0, 0.05) is 6.04 Å². The predicted octanol–water partition coefficient (Wildman–Crippen LogP) is 1.58. The Morgan fingerprint density at radius 2 is 1.88 bits per heavy atom. The Labute approximate surface area is 98.4 Å². The van der Waals surface area contributed by atoms with Crippen LogP contribution in [-0.4, -0.2) is 28.5 Å². The van der Waals surface area contributed by atoms with Crippen LogP contribution in [0, 0.1) is 5.92 Å². The predicted molar refractivity (Wildman–Crippen MR) is 66.0 cm³/mol. The van der Waals surface area contributed by atoms with E-state index in [-0.39, 0.29) is 6.04 Å². The highest BCUT2D eigenvalue weighted by atomic mass is 16.3. The van der Waals surface area contributed by atoms with Crippen molar-refractivity contribution in [3.63, 3.8) is 0 Å². The van der Waals surface area contributed by atoms with Crippen molar-refractivity contribution in [3.8, 4) is 0 Å². The van der Waals surface area contributed by atoms with Crippen LogP contribution in [0.3, 0.4) is 0 Å². The maximum atomic E-state index is 9.85. The Balaban J connectivity index is 2.37. The van der Waals surface area contributed by atoms with Crippen LogP contribution in [0.2, 0.25) is 0 Å². The molecule has 3 heteroatoms. The minimum Gasteiger partial charge on any atom is -0.388 e. The summed E-state index contributed by atoms with van der Waals surface area (Å²) < 4.78 is 0. The Morgan fingerprint density at radius 1 is 1.31 bits per heavy atom. The fourth-order valence-corrected chi connectivity index (χ4v) is 2.47. The van der Waals surface area contributed by atoms with E-state index in [1.807, 2.05) is 0 Å². The number of nitrogens with two attached hydrogens (primary N) is 1. The molecule has 0 spiro atoms. The maximum Gasteiger partial charge on any atom is 0.102 e. The summed E-state index contributed by atoms with van der Waals surface area (Å²) in [5, 5.41) is 19.5. The topological polar surface area (TPSA) is 66.5 Å². The van der Waals surface area contributed by atoms with Gasteiger partial charge in [0.1, 0.15) is 6.10 Å². The van der Waals surface area contributed by atoms with Crippen LogP contribution in [0.4, 0.5) is 0 Å². The molecule has 1 aliphatic carbocycles. The van der Waals surface area contributed by atoms with E-state index in [0.717, 1.165) is 6.42 Å². The van der Waals surface area contributed by atoms with E-state index in [2.05, 4.69) is 6.58 Å². The molecule has 16 heavy (non-hydrogen) atoms. The van der Waals surface area contributed by atoms with E-state index in [1.54, 1.807) is 6.92 Å². The quantitative estimate of drug-likeness (QED) is 0.625. The minimum atomic E-state index is -0.890. The monoisotopic (exact) mass is 227 g/mol. The highest BCUT2D eigenvalue weighted by Crippen LogP contribution is 2.28. The van der Waals surface area contributed by atoms with Gasteiger partial charge < -0.3 is 15.9 Å². The molecule has 1 rings (SSSR count). The van der Waals surface area contributed by atoms with Crippen molar-refractivity contribution in [1.29, 1.82) is 0 Å². The second-order valence-corrected chi connectivity index (χ2v) is 5.19. The second-order valence-electron chi connectivity index (χ2n) is 5.19. The van der Waals surface area contributed by atoms with Crippen LogP contribution in [0.25, 0.3) is 0 Å². The molecule has 1 saturated carbocycles. The first-order valence-electron chi connectivity index (χ1n) is 6.29. The molecule has 1 aliphatic rings. The second kappa shape index (κ2) is 6.38. The Morgan fingerprint density at radius 3 is 2.38 bits per heavy atom. The fourth-order valence-electron chi connectivity index (χ4n) is 2.47. The zero-order valence-electron chi connectivity index (χ0n) is 10.2. The number of hydrogen-bond donors (Lipinski definition) is 3. The molecule has 0 aromatic carbocycles.